The van der Waals surface area contributed by atoms with Gasteiger partial charge in [0.2, 0.25) is 0 Å². The van der Waals surface area contributed by atoms with Gasteiger partial charge in [0.25, 0.3) is 0 Å². The number of aryl methyl sites for hydroxylation is 1. The molecule has 0 aliphatic carbocycles. The molecule has 1 saturated heterocycles. The highest BCUT2D eigenvalue weighted by Crippen LogP contribution is 2.20. The van der Waals surface area contributed by atoms with Crippen LogP contribution in [0.5, 0.6) is 0 Å². The minimum Gasteiger partial charge on any atom is -0.389 e. The molecule has 1 aliphatic rings. The highest BCUT2D eigenvalue weighted by atomic mass is 16.3. The summed E-state index contributed by atoms with van der Waals surface area (Å²) >= 11 is 0. The predicted molar refractivity (Wildman–Crippen MR) is 60.0 cm³/mol. The molecule has 1 fully saturated rings. The van der Waals surface area contributed by atoms with E-state index in [0.29, 0.717) is 37.0 Å². The molecule has 0 spiro atoms. The standard InChI is InChI=1S/C10H16N4O2/c1-2-9-12-8(11)3-10(13-9)14-4-6(15)7(16)5-14/h3,6-7,15-16H,2,4-5H2,1H3,(H2,11,12,13). The van der Waals surface area contributed by atoms with Crippen LogP contribution in [0.2, 0.25) is 0 Å². The summed E-state index contributed by atoms with van der Waals surface area (Å²) in [6.45, 7) is 2.70. The van der Waals surface area contributed by atoms with Crippen molar-refractivity contribution >= 4 is 11.6 Å². The van der Waals surface area contributed by atoms with Crippen LogP contribution in [0.15, 0.2) is 6.07 Å². The third kappa shape index (κ3) is 2.07. The number of nitrogens with two attached hydrogens (primary N) is 1. The quantitative estimate of drug-likeness (QED) is 0.606. The van der Waals surface area contributed by atoms with E-state index in [1.54, 1.807) is 6.07 Å². The Kier molecular flexibility index (Phi) is 2.93. The summed E-state index contributed by atoms with van der Waals surface area (Å²) in [5, 5.41) is 18.9. The van der Waals surface area contributed by atoms with Crippen LogP contribution in [-0.4, -0.2) is 45.5 Å². The van der Waals surface area contributed by atoms with Crippen molar-refractivity contribution in [3.8, 4) is 0 Å². The second-order valence-electron chi connectivity index (χ2n) is 3.96. The first kappa shape index (κ1) is 11.1. The summed E-state index contributed by atoms with van der Waals surface area (Å²) in [6.07, 6.45) is -0.737. The smallest absolute Gasteiger partial charge is 0.134 e. The van der Waals surface area contributed by atoms with E-state index in [4.69, 9.17) is 5.73 Å². The molecule has 0 bridgehead atoms. The summed E-state index contributed by atoms with van der Waals surface area (Å²) in [7, 11) is 0. The van der Waals surface area contributed by atoms with Crippen molar-refractivity contribution < 1.29 is 10.2 Å². The lowest BCUT2D eigenvalue weighted by Gasteiger charge is -2.17. The van der Waals surface area contributed by atoms with Gasteiger partial charge in [-0.1, -0.05) is 6.92 Å². The summed E-state index contributed by atoms with van der Waals surface area (Å²) < 4.78 is 0. The number of β-amino-alcohol motifs (C(OH)–C–C–N with tert-alkyl or cyclic N) is 2. The largest absolute Gasteiger partial charge is 0.389 e. The molecule has 2 unspecified atom stereocenters. The normalized spacial score (nSPS) is 25.1. The minimum absolute atomic E-state index is 0.376. The van der Waals surface area contributed by atoms with E-state index in [2.05, 4.69) is 9.97 Å². The van der Waals surface area contributed by atoms with E-state index in [-0.39, 0.29) is 0 Å². The maximum Gasteiger partial charge on any atom is 0.134 e. The fraction of sp³-hybridized carbons (Fsp3) is 0.600. The molecule has 0 radical (unpaired) electrons. The van der Waals surface area contributed by atoms with E-state index in [1.807, 2.05) is 11.8 Å². The molecule has 0 amide bonds. The third-order valence-corrected chi connectivity index (χ3v) is 2.68. The number of hydrogen-bond acceptors (Lipinski definition) is 6. The monoisotopic (exact) mass is 224 g/mol. The average Bonchev–Trinajstić information content (AvgIpc) is 2.58. The van der Waals surface area contributed by atoms with Crippen LogP contribution in [0.3, 0.4) is 0 Å². The zero-order valence-corrected chi connectivity index (χ0v) is 9.17. The summed E-state index contributed by atoms with van der Waals surface area (Å²) in [6, 6.07) is 1.66. The van der Waals surface area contributed by atoms with Gasteiger partial charge in [0.1, 0.15) is 17.5 Å². The number of aliphatic hydroxyl groups excluding tert-OH is 2. The first-order valence-electron chi connectivity index (χ1n) is 5.34. The summed E-state index contributed by atoms with van der Waals surface area (Å²) in [5.41, 5.74) is 5.67. The van der Waals surface area contributed by atoms with Crippen LogP contribution < -0.4 is 10.6 Å². The highest BCUT2D eigenvalue weighted by Gasteiger charge is 2.30. The molecule has 16 heavy (non-hydrogen) atoms. The average molecular weight is 224 g/mol. The molecular weight excluding hydrogens is 208 g/mol. The molecule has 1 aromatic heterocycles. The zero-order chi connectivity index (χ0) is 11.7. The van der Waals surface area contributed by atoms with Gasteiger partial charge in [-0.15, -0.1) is 0 Å². The SMILES string of the molecule is CCc1nc(N)cc(N2CC(O)C(O)C2)n1. The Hall–Kier alpha value is -1.40. The van der Waals surface area contributed by atoms with Gasteiger partial charge in [0.15, 0.2) is 0 Å². The molecule has 2 atom stereocenters. The van der Waals surface area contributed by atoms with Crippen LogP contribution in [0, 0.1) is 0 Å². The maximum atomic E-state index is 9.46. The van der Waals surface area contributed by atoms with Crippen LogP contribution in [0.4, 0.5) is 11.6 Å². The van der Waals surface area contributed by atoms with Gasteiger partial charge in [-0.05, 0) is 0 Å². The first-order valence-corrected chi connectivity index (χ1v) is 5.34. The Bertz CT molecular complexity index is 375. The lowest BCUT2D eigenvalue weighted by molar-refractivity contribution is 0.0572. The van der Waals surface area contributed by atoms with Crippen molar-refractivity contribution in [2.24, 2.45) is 0 Å². The van der Waals surface area contributed by atoms with Gasteiger partial charge >= 0.3 is 0 Å². The van der Waals surface area contributed by atoms with Crippen molar-refractivity contribution in [3.63, 3.8) is 0 Å². The van der Waals surface area contributed by atoms with Crippen molar-refractivity contribution in [1.82, 2.24) is 9.97 Å². The van der Waals surface area contributed by atoms with Gasteiger partial charge < -0.3 is 20.8 Å². The van der Waals surface area contributed by atoms with E-state index in [1.165, 1.54) is 0 Å². The Morgan fingerprint density at radius 1 is 1.38 bits per heavy atom. The zero-order valence-electron chi connectivity index (χ0n) is 9.17. The van der Waals surface area contributed by atoms with Crippen LogP contribution in [0.1, 0.15) is 12.7 Å². The van der Waals surface area contributed by atoms with Gasteiger partial charge in [-0.2, -0.15) is 0 Å². The van der Waals surface area contributed by atoms with Crippen molar-refractivity contribution in [1.29, 1.82) is 0 Å². The Labute approximate surface area is 93.7 Å². The van der Waals surface area contributed by atoms with Gasteiger partial charge in [0.05, 0.1) is 12.2 Å². The van der Waals surface area contributed by atoms with Crippen molar-refractivity contribution in [2.75, 3.05) is 23.7 Å². The number of nitrogens with zero attached hydrogens (tertiary/aromatic N) is 3. The number of nitrogen functional groups attached to an aromatic ring is 1. The van der Waals surface area contributed by atoms with E-state index in [0.717, 1.165) is 0 Å². The summed E-state index contributed by atoms with van der Waals surface area (Å²) in [4.78, 5) is 10.2. The Balaban J connectivity index is 2.24. The second-order valence-corrected chi connectivity index (χ2v) is 3.96. The van der Waals surface area contributed by atoms with Crippen molar-refractivity contribution in [2.45, 2.75) is 25.6 Å². The van der Waals surface area contributed by atoms with E-state index < -0.39 is 12.2 Å². The fourth-order valence-corrected chi connectivity index (χ4v) is 1.78. The molecule has 4 N–H and O–H groups in total. The number of anilines is 2. The molecule has 2 heterocycles. The highest BCUT2D eigenvalue weighted by molar-refractivity contribution is 5.48. The third-order valence-electron chi connectivity index (χ3n) is 2.68. The lowest BCUT2D eigenvalue weighted by atomic mass is 10.3. The molecule has 1 aliphatic heterocycles. The number of hydrogen-bond donors (Lipinski definition) is 3. The Morgan fingerprint density at radius 3 is 2.56 bits per heavy atom. The number of aliphatic hydroxyl groups is 2. The molecule has 2 rings (SSSR count). The molecule has 6 heteroatoms. The number of rotatable bonds is 2. The van der Waals surface area contributed by atoms with Gasteiger partial charge in [-0.25, -0.2) is 9.97 Å². The van der Waals surface area contributed by atoms with E-state index >= 15 is 0 Å². The van der Waals surface area contributed by atoms with E-state index in [9.17, 15) is 10.2 Å². The predicted octanol–water partition coefficient (Wildman–Crippen LogP) is -0.837. The van der Waals surface area contributed by atoms with Crippen LogP contribution >= 0.6 is 0 Å². The summed E-state index contributed by atoms with van der Waals surface area (Å²) in [5.74, 6) is 1.75. The second kappa shape index (κ2) is 4.23. The topological polar surface area (TPSA) is 95.5 Å². The number of aromatic nitrogens is 2. The molecule has 0 saturated carbocycles. The van der Waals surface area contributed by atoms with Gasteiger partial charge in [0, 0.05) is 25.6 Å². The van der Waals surface area contributed by atoms with Crippen molar-refractivity contribution in [3.05, 3.63) is 11.9 Å². The fourth-order valence-electron chi connectivity index (χ4n) is 1.78. The lowest BCUT2D eigenvalue weighted by Crippen LogP contribution is -2.23. The molecule has 6 nitrogen and oxygen atoms in total. The van der Waals surface area contributed by atoms with Gasteiger partial charge in [-0.3, -0.25) is 0 Å². The minimum atomic E-state index is -0.721. The van der Waals surface area contributed by atoms with Crippen LogP contribution in [-0.2, 0) is 6.42 Å². The van der Waals surface area contributed by atoms with Crippen LogP contribution in [0.25, 0.3) is 0 Å². The molecular formula is C10H16N4O2. The first-order chi connectivity index (χ1) is 7.60. The maximum absolute atomic E-state index is 9.46. The molecule has 0 aromatic carbocycles. The molecule has 1 aromatic rings. The Morgan fingerprint density at radius 2 is 2.00 bits per heavy atom. The molecule has 88 valence electrons.